The molecule has 5 aliphatic rings. The topological polar surface area (TPSA) is 156 Å². The predicted octanol–water partition coefficient (Wildman–Crippen LogP) is 19.2. The van der Waals surface area contributed by atoms with Crippen molar-refractivity contribution in [2.45, 2.75) is 90.0 Å². The summed E-state index contributed by atoms with van der Waals surface area (Å²) in [7, 11) is 0. The lowest BCUT2D eigenvalue weighted by atomic mass is 9.89. The Balaban J connectivity index is 0.000000139. The molecule has 0 spiro atoms. The van der Waals surface area contributed by atoms with Crippen LogP contribution in [-0.2, 0) is 24.0 Å². The first kappa shape index (κ1) is 73.5. The average molecular weight is 1520 g/mol. The predicted molar refractivity (Wildman–Crippen MR) is 407 cm³/mol. The van der Waals surface area contributed by atoms with E-state index < -0.39 is 0 Å². The SMILES string of the molecule is C[C@@H](NC(=O)c1nn(-c2ccc(Cl)cc2Cl)c2c1CCC/C2=C\c1ccc(F)cc1)c1ccccc1.O=C(NN1CCCCC1)c1nn(-c2ccc(Cl)cc2Cl)c2c1CCC/C2=C\c1ccc(F)cc1.O=C(NN1CCOCC1)c1nn(-c2ccc(Cl)cc2Cl)c2c1CCC/C2=C\c1ccc(F)cc1. The summed E-state index contributed by atoms with van der Waals surface area (Å²) in [4.78, 5) is 40.1. The van der Waals surface area contributed by atoms with Gasteiger partial charge in [0.15, 0.2) is 17.1 Å². The number of benzene rings is 7. The van der Waals surface area contributed by atoms with Crippen LogP contribution in [0.1, 0.15) is 158 Å². The van der Waals surface area contributed by atoms with Gasteiger partial charge in [0.05, 0.1) is 68.5 Å². The monoisotopic (exact) mass is 1520 g/mol. The molecule has 24 heteroatoms. The first-order valence-electron chi connectivity index (χ1n) is 34.6. The lowest BCUT2D eigenvalue weighted by molar-refractivity contribution is 0.0124. The van der Waals surface area contributed by atoms with Gasteiger partial charge in [-0.15, -0.1) is 0 Å². The second-order valence-electron chi connectivity index (χ2n) is 25.9. The van der Waals surface area contributed by atoms with Gasteiger partial charge < -0.3 is 10.1 Å². The number of ether oxygens (including phenoxy) is 1. The van der Waals surface area contributed by atoms with Gasteiger partial charge in [0.1, 0.15) is 17.5 Å². The first-order chi connectivity index (χ1) is 50.4. The van der Waals surface area contributed by atoms with E-state index in [1.54, 1.807) is 99.0 Å². The number of fused-ring (bicyclic) bond motifs is 3. The Morgan fingerprint density at radius 3 is 1.12 bits per heavy atom. The molecular formula is C80H72Cl6F3N11O4. The number of halogens is 9. The van der Waals surface area contributed by atoms with Crippen molar-refractivity contribution in [1.29, 1.82) is 0 Å². The largest absolute Gasteiger partial charge is 0.379 e. The maximum atomic E-state index is 13.5. The van der Waals surface area contributed by atoms with Gasteiger partial charge in [-0.2, -0.15) is 15.3 Å². The number of allylic oxidation sites excluding steroid dienone is 3. The third kappa shape index (κ3) is 17.3. The summed E-state index contributed by atoms with van der Waals surface area (Å²) >= 11 is 38.1. The van der Waals surface area contributed by atoms with E-state index in [2.05, 4.69) is 16.2 Å². The van der Waals surface area contributed by atoms with Crippen LogP contribution in [0.2, 0.25) is 30.1 Å². The van der Waals surface area contributed by atoms with Crippen LogP contribution in [-0.4, -0.2) is 96.5 Å². The summed E-state index contributed by atoms with van der Waals surface area (Å²) in [6.07, 6.45) is 16.6. The Morgan fingerprint density at radius 2 is 0.769 bits per heavy atom. The Kier molecular flexibility index (Phi) is 23.7. The van der Waals surface area contributed by atoms with E-state index in [0.29, 0.717) is 103 Å². The molecule has 5 heterocycles. The third-order valence-electron chi connectivity index (χ3n) is 18.7. The van der Waals surface area contributed by atoms with E-state index in [1.165, 1.54) is 42.8 Å². The van der Waals surface area contributed by atoms with E-state index in [0.717, 1.165) is 144 Å². The number of morpholine rings is 1. The number of piperidine rings is 1. The molecule has 104 heavy (non-hydrogen) atoms. The van der Waals surface area contributed by atoms with Crippen molar-refractivity contribution in [2.24, 2.45) is 0 Å². The van der Waals surface area contributed by atoms with Crippen LogP contribution < -0.4 is 16.2 Å². The molecule has 0 unspecified atom stereocenters. The number of nitrogens with zero attached hydrogens (tertiary/aromatic N) is 8. The standard InChI is InChI=1S/C29H24Cl2FN3O.C26H25Cl2FN4O.C25H23Cl2FN4O2/c1-18(20-6-3-2-4-7-20)33-29(36)27-24-9-5-8-21(16-19-10-13-23(32)14-11-19)28(24)35(34-27)26-15-12-22(30)17-25(26)31;27-19-9-12-23(22(28)16-19)33-25-18(15-17-7-10-20(29)11-8-17)5-4-6-21(25)24(30-33)26(34)31-32-13-2-1-3-14-32;26-18-6-9-22(21(27)15-18)32-24-17(14-16-4-7-19(28)8-5-16)2-1-3-20(24)23(29-32)25(33)30-31-10-12-34-13-11-31/h2-4,6-7,10-18H,5,8-9H2,1H3,(H,33,36);7-12,15-16H,1-6,13-14H2,(H,31,34);4-9,14-15H,1-3,10-13H2,(H,30,33)/b21-16+;18-15+;17-14+/t18-;;/m1../s1. The van der Waals surface area contributed by atoms with Crippen molar-refractivity contribution in [3.8, 4) is 17.1 Å². The van der Waals surface area contributed by atoms with Crippen molar-refractivity contribution in [1.82, 2.24) is 55.5 Å². The number of hydrazine groups is 2. The maximum Gasteiger partial charge on any atom is 0.286 e. The Bertz CT molecular complexity index is 4720. The minimum absolute atomic E-state index is 0.184. The quantitative estimate of drug-likeness (QED) is 0.102. The van der Waals surface area contributed by atoms with Gasteiger partial charge in [-0.25, -0.2) is 37.2 Å². The summed E-state index contributed by atoms with van der Waals surface area (Å²) in [6, 6.07) is 44.4. The molecule has 3 N–H and O–H groups in total. The van der Waals surface area contributed by atoms with Crippen LogP contribution in [0.4, 0.5) is 13.2 Å². The van der Waals surface area contributed by atoms with Gasteiger partial charge >= 0.3 is 0 Å². The highest BCUT2D eigenvalue weighted by molar-refractivity contribution is 6.37. The van der Waals surface area contributed by atoms with Crippen LogP contribution in [0, 0.1) is 17.5 Å². The van der Waals surface area contributed by atoms with Crippen molar-refractivity contribution in [2.75, 3.05) is 39.4 Å². The minimum atomic E-state index is -0.286. The summed E-state index contributed by atoms with van der Waals surface area (Å²) < 4.78 is 51.0. The molecule has 2 fully saturated rings. The van der Waals surface area contributed by atoms with Crippen LogP contribution in [0.3, 0.4) is 0 Å². The molecule has 3 aliphatic carbocycles. The van der Waals surface area contributed by atoms with Gasteiger partial charge in [-0.05, 0) is 226 Å². The minimum Gasteiger partial charge on any atom is -0.379 e. The van der Waals surface area contributed by atoms with Crippen molar-refractivity contribution in [3.63, 3.8) is 0 Å². The van der Waals surface area contributed by atoms with Crippen molar-refractivity contribution >= 4 is 122 Å². The van der Waals surface area contributed by atoms with E-state index >= 15 is 0 Å². The average Bonchev–Trinajstić information content (AvgIpc) is 1.63. The van der Waals surface area contributed by atoms with Crippen molar-refractivity contribution < 1.29 is 32.3 Å². The Labute approximate surface area is 630 Å². The van der Waals surface area contributed by atoms with Gasteiger partial charge in [0.2, 0.25) is 0 Å². The molecule has 3 amide bonds. The lowest BCUT2D eigenvalue weighted by Crippen LogP contribution is -2.48. The van der Waals surface area contributed by atoms with Gasteiger partial charge in [-0.1, -0.05) is 143 Å². The number of rotatable bonds is 13. The second-order valence-corrected chi connectivity index (χ2v) is 28.4. The molecule has 2 saturated heterocycles. The molecule has 7 aromatic carbocycles. The molecule has 534 valence electrons. The number of carbonyl (C=O) groups excluding carboxylic acids is 3. The molecule has 0 saturated carbocycles. The summed E-state index contributed by atoms with van der Waals surface area (Å²) in [5.74, 6) is -1.55. The zero-order chi connectivity index (χ0) is 72.5. The molecule has 1 atom stereocenters. The zero-order valence-corrected chi connectivity index (χ0v) is 61.2. The number of hydrogen-bond acceptors (Lipinski definition) is 9. The van der Waals surface area contributed by atoms with E-state index in [-0.39, 0.29) is 41.2 Å². The second kappa shape index (κ2) is 33.5. The highest BCUT2D eigenvalue weighted by Gasteiger charge is 2.34. The fourth-order valence-corrected chi connectivity index (χ4v) is 15.1. The molecule has 15 rings (SSSR count). The summed E-state index contributed by atoms with van der Waals surface area (Å²) in [5.41, 5.74) is 21.0. The van der Waals surface area contributed by atoms with E-state index in [4.69, 9.17) is 89.6 Å². The normalized spacial score (nSPS) is 16.7. The first-order valence-corrected chi connectivity index (χ1v) is 36.8. The number of carbonyl (C=O) groups is 3. The molecular weight excluding hydrogens is 1450 g/mol. The molecule has 15 nitrogen and oxygen atoms in total. The number of hydrogen-bond donors (Lipinski definition) is 3. The number of amides is 3. The highest BCUT2D eigenvalue weighted by Crippen LogP contribution is 2.42. The summed E-state index contributed by atoms with van der Waals surface area (Å²) in [5, 5.41) is 24.1. The Morgan fingerprint density at radius 1 is 0.423 bits per heavy atom. The molecule has 0 bridgehead atoms. The van der Waals surface area contributed by atoms with E-state index in [9.17, 15) is 27.6 Å². The van der Waals surface area contributed by atoms with Gasteiger partial charge in [-0.3, -0.25) is 25.2 Å². The Hall–Kier alpha value is -8.79. The number of aromatic nitrogens is 6. The molecule has 10 aromatic rings. The molecule has 3 aromatic heterocycles. The lowest BCUT2D eigenvalue weighted by Gasteiger charge is -2.26. The van der Waals surface area contributed by atoms with Crippen LogP contribution in [0.5, 0.6) is 0 Å². The zero-order valence-electron chi connectivity index (χ0n) is 56.7. The molecule has 0 radical (unpaired) electrons. The maximum absolute atomic E-state index is 13.5. The van der Waals surface area contributed by atoms with Gasteiger partial charge in [0, 0.05) is 57.9 Å². The fourth-order valence-electron chi connectivity index (χ4n) is 13.7. The molecule has 2 aliphatic heterocycles. The number of nitrogens with one attached hydrogen (secondary N) is 3. The van der Waals surface area contributed by atoms with Crippen LogP contribution in [0.15, 0.2) is 158 Å². The summed E-state index contributed by atoms with van der Waals surface area (Å²) in [6.45, 7) is 6.00. The van der Waals surface area contributed by atoms with Crippen LogP contribution >= 0.6 is 69.6 Å². The third-order valence-corrected chi connectivity index (χ3v) is 20.3. The fraction of sp³-hybridized carbons (Fsp3) is 0.250. The smallest absolute Gasteiger partial charge is 0.286 e. The van der Waals surface area contributed by atoms with Gasteiger partial charge in [0.25, 0.3) is 17.7 Å². The van der Waals surface area contributed by atoms with Crippen molar-refractivity contribution in [3.05, 3.63) is 278 Å². The van der Waals surface area contributed by atoms with Crippen LogP contribution in [0.25, 0.3) is 52.0 Å². The van der Waals surface area contributed by atoms with E-state index in [1.807, 2.05) is 71.6 Å². The highest BCUT2D eigenvalue weighted by atomic mass is 35.5.